The molecule has 1 amide bonds. The molecule has 2 aromatic carbocycles. The molecule has 0 atom stereocenters. The van der Waals surface area contributed by atoms with E-state index in [0.717, 1.165) is 10.0 Å². The standard InChI is InChI=1S/C15H14Br2N2O2/c1-8-5-9(16)6-13(21-2)14(8)19-15(20)11-7-10(18)3-4-12(11)17/h3-7H,18H2,1-2H3,(H,19,20). The largest absolute Gasteiger partial charge is 0.495 e. The molecule has 3 N–H and O–H groups in total. The van der Waals surface area contributed by atoms with E-state index in [-0.39, 0.29) is 5.91 Å². The van der Waals surface area contributed by atoms with Gasteiger partial charge in [0.15, 0.2) is 0 Å². The molecule has 0 aliphatic rings. The minimum Gasteiger partial charge on any atom is -0.495 e. The molecule has 0 unspecified atom stereocenters. The molecule has 4 nitrogen and oxygen atoms in total. The molecule has 2 rings (SSSR count). The number of benzene rings is 2. The molecule has 0 aromatic heterocycles. The molecule has 0 fully saturated rings. The van der Waals surface area contributed by atoms with Crippen molar-refractivity contribution >= 4 is 49.1 Å². The van der Waals surface area contributed by atoms with Crippen molar-refractivity contribution in [3.05, 3.63) is 50.4 Å². The van der Waals surface area contributed by atoms with Crippen LogP contribution in [0.3, 0.4) is 0 Å². The molecule has 110 valence electrons. The number of nitrogen functional groups attached to an aromatic ring is 1. The summed E-state index contributed by atoms with van der Waals surface area (Å²) in [5.41, 5.74) is 8.27. The Kier molecular flexibility index (Phi) is 4.90. The number of halogens is 2. The van der Waals surface area contributed by atoms with Crippen LogP contribution in [0.15, 0.2) is 39.3 Å². The lowest BCUT2D eigenvalue weighted by Crippen LogP contribution is -2.14. The molecular weight excluding hydrogens is 400 g/mol. The van der Waals surface area contributed by atoms with Gasteiger partial charge in [0.25, 0.3) is 5.91 Å². The van der Waals surface area contributed by atoms with Crippen molar-refractivity contribution < 1.29 is 9.53 Å². The van der Waals surface area contributed by atoms with E-state index in [1.807, 2.05) is 13.0 Å². The van der Waals surface area contributed by atoms with Crippen LogP contribution in [0.5, 0.6) is 5.75 Å². The van der Waals surface area contributed by atoms with Gasteiger partial charge in [-0.1, -0.05) is 15.9 Å². The third-order valence-electron chi connectivity index (χ3n) is 2.96. The number of amides is 1. The second kappa shape index (κ2) is 6.49. The Hall–Kier alpha value is -1.53. The second-order valence-corrected chi connectivity index (χ2v) is 6.26. The molecule has 6 heteroatoms. The van der Waals surface area contributed by atoms with Crippen LogP contribution in [0.4, 0.5) is 11.4 Å². The van der Waals surface area contributed by atoms with Gasteiger partial charge in [0.1, 0.15) is 5.75 Å². The van der Waals surface area contributed by atoms with Crippen molar-refractivity contribution in [2.45, 2.75) is 6.92 Å². The summed E-state index contributed by atoms with van der Waals surface area (Å²) < 4.78 is 6.89. The maximum Gasteiger partial charge on any atom is 0.256 e. The van der Waals surface area contributed by atoms with Crippen LogP contribution in [-0.2, 0) is 0 Å². The summed E-state index contributed by atoms with van der Waals surface area (Å²) in [5.74, 6) is 0.341. The van der Waals surface area contributed by atoms with Crippen molar-refractivity contribution in [1.29, 1.82) is 0 Å². The molecule has 0 radical (unpaired) electrons. The lowest BCUT2D eigenvalue weighted by Gasteiger charge is -2.14. The van der Waals surface area contributed by atoms with Crippen LogP contribution >= 0.6 is 31.9 Å². The fourth-order valence-corrected chi connectivity index (χ4v) is 2.91. The van der Waals surface area contributed by atoms with Gasteiger partial charge in [-0.25, -0.2) is 0 Å². The zero-order chi connectivity index (χ0) is 15.6. The summed E-state index contributed by atoms with van der Waals surface area (Å²) in [6.45, 7) is 1.90. The van der Waals surface area contributed by atoms with Crippen LogP contribution in [0.2, 0.25) is 0 Å². The predicted molar refractivity (Wildman–Crippen MR) is 91.9 cm³/mol. The molecular formula is C15H14Br2N2O2. The minimum absolute atomic E-state index is 0.252. The van der Waals surface area contributed by atoms with E-state index in [4.69, 9.17) is 10.5 Å². The maximum atomic E-state index is 12.4. The van der Waals surface area contributed by atoms with E-state index >= 15 is 0 Å². The molecule has 0 saturated carbocycles. The highest BCUT2D eigenvalue weighted by atomic mass is 79.9. The molecule has 0 aliphatic carbocycles. The number of hydrogen-bond acceptors (Lipinski definition) is 3. The zero-order valence-corrected chi connectivity index (χ0v) is 14.7. The van der Waals surface area contributed by atoms with Crippen LogP contribution in [0.1, 0.15) is 15.9 Å². The highest BCUT2D eigenvalue weighted by Gasteiger charge is 2.15. The Balaban J connectivity index is 2.38. The van der Waals surface area contributed by atoms with Crippen molar-refractivity contribution in [1.82, 2.24) is 0 Å². The Morgan fingerprint density at radius 2 is 1.95 bits per heavy atom. The Morgan fingerprint density at radius 3 is 2.62 bits per heavy atom. The van der Waals surface area contributed by atoms with Crippen LogP contribution in [-0.4, -0.2) is 13.0 Å². The molecule has 0 aliphatic heterocycles. The first kappa shape index (κ1) is 15.9. The molecule has 0 spiro atoms. The van der Waals surface area contributed by atoms with Crippen molar-refractivity contribution in [3.63, 3.8) is 0 Å². The summed E-state index contributed by atoms with van der Waals surface area (Å²) in [5, 5.41) is 2.87. The van der Waals surface area contributed by atoms with E-state index in [0.29, 0.717) is 27.2 Å². The molecule has 0 heterocycles. The SMILES string of the molecule is COc1cc(Br)cc(C)c1NC(=O)c1cc(N)ccc1Br. The average molecular weight is 414 g/mol. The van der Waals surface area contributed by atoms with E-state index in [2.05, 4.69) is 37.2 Å². The summed E-state index contributed by atoms with van der Waals surface area (Å²) in [6, 6.07) is 8.81. The number of nitrogens with one attached hydrogen (secondary N) is 1. The second-order valence-electron chi connectivity index (χ2n) is 4.49. The lowest BCUT2D eigenvalue weighted by atomic mass is 10.1. The summed E-state index contributed by atoms with van der Waals surface area (Å²) in [7, 11) is 1.56. The van der Waals surface area contributed by atoms with Crippen molar-refractivity contribution in [2.75, 3.05) is 18.2 Å². The molecule has 0 saturated heterocycles. The highest BCUT2D eigenvalue weighted by molar-refractivity contribution is 9.10. The van der Waals surface area contributed by atoms with Gasteiger partial charge < -0.3 is 15.8 Å². The number of ether oxygens (including phenoxy) is 1. The highest BCUT2D eigenvalue weighted by Crippen LogP contribution is 2.33. The van der Waals surface area contributed by atoms with Gasteiger partial charge >= 0.3 is 0 Å². The van der Waals surface area contributed by atoms with Crippen LogP contribution in [0.25, 0.3) is 0 Å². The first-order valence-corrected chi connectivity index (χ1v) is 7.71. The number of aryl methyl sites for hydroxylation is 1. The zero-order valence-electron chi connectivity index (χ0n) is 11.5. The molecule has 2 aromatic rings. The van der Waals surface area contributed by atoms with Crippen LogP contribution in [0, 0.1) is 6.92 Å². The first-order chi connectivity index (χ1) is 9.92. The van der Waals surface area contributed by atoms with Gasteiger partial charge in [0, 0.05) is 14.6 Å². The topological polar surface area (TPSA) is 64.3 Å². The van der Waals surface area contributed by atoms with E-state index in [9.17, 15) is 4.79 Å². The summed E-state index contributed by atoms with van der Waals surface area (Å²) in [6.07, 6.45) is 0. The number of hydrogen-bond donors (Lipinski definition) is 2. The minimum atomic E-state index is -0.252. The van der Waals surface area contributed by atoms with E-state index in [1.54, 1.807) is 31.4 Å². The number of nitrogens with two attached hydrogens (primary N) is 1. The van der Waals surface area contributed by atoms with Gasteiger partial charge in [-0.15, -0.1) is 0 Å². The summed E-state index contributed by atoms with van der Waals surface area (Å²) in [4.78, 5) is 12.4. The molecule has 21 heavy (non-hydrogen) atoms. The Bertz CT molecular complexity index is 702. The number of carbonyl (C=O) groups excluding carboxylic acids is 1. The number of anilines is 2. The van der Waals surface area contributed by atoms with Gasteiger partial charge in [-0.05, 0) is 58.7 Å². The number of methoxy groups -OCH3 is 1. The Labute approximate surface area is 139 Å². The quantitative estimate of drug-likeness (QED) is 0.734. The number of carbonyl (C=O) groups is 1. The van der Waals surface area contributed by atoms with Gasteiger partial charge in [0.2, 0.25) is 0 Å². The van der Waals surface area contributed by atoms with Crippen molar-refractivity contribution in [2.24, 2.45) is 0 Å². The first-order valence-electron chi connectivity index (χ1n) is 6.13. The number of rotatable bonds is 3. The van der Waals surface area contributed by atoms with Crippen molar-refractivity contribution in [3.8, 4) is 5.75 Å². The van der Waals surface area contributed by atoms with Crippen LogP contribution < -0.4 is 15.8 Å². The Morgan fingerprint density at radius 1 is 1.24 bits per heavy atom. The summed E-state index contributed by atoms with van der Waals surface area (Å²) >= 11 is 6.76. The third-order valence-corrected chi connectivity index (χ3v) is 4.11. The maximum absolute atomic E-state index is 12.4. The van der Waals surface area contributed by atoms with Gasteiger partial charge in [-0.2, -0.15) is 0 Å². The normalized spacial score (nSPS) is 10.3. The van der Waals surface area contributed by atoms with E-state index in [1.165, 1.54) is 0 Å². The van der Waals surface area contributed by atoms with Gasteiger partial charge in [-0.3, -0.25) is 4.79 Å². The molecule has 0 bridgehead atoms. The smallest absolute Gasteiger partial charge is 0.256 e. The fourth-order valence-electron chi connectivity index (χ4n) is 1.93. The third kappa shape index (κ3) is 3.57. The predicted octanol–water partition coefficient (Wildman–Crippen LogP) is 4.36. The van der Waals surface area contributed by atoms with Gasteiger partial charge in [0.05, 0.1) is 18.4 Å². The van der Waals surface area contributed by atoms with E-state index < -0.39 is 0 Å². The monoisotopic (exact) mass is 412 g/mol. The average Bonchev–Trinajstić information content (AvgIpc) is 2.43. The lowest BCUT2D eigenvalue weighted by molar-refractivity contribution is 0.102. The fraction of sp³-hybridized carbons (Fsp3) is 0.133.